The van der Waals surface area contributed by atoms with Crippen LogP contribution in [0.5, 0.6) is 5.75 Å². The van der Waals surface area contributed by atoms with Gasteiger partial charge in [0.1, 0.15) is 5.75 Å². The fourth-order valence-electron chi connectivity index (χ4n) is 2.61. The second-order valence-electron chi connectivity index (χ2n) is 5.42. The maximum atomic E-state index is 12.4. The third-order valence-electron chi connectivity index (χ3n) is 3.79. The highest BCUT2D eigenvalue weighted by atomic mass is 19.3. The minimum Gasteiger partial charge on any atom is -0.435 e. The van der Waals surface area contributed by atoms with Gasteiger partial charge >= 0.3 is 6.61 Å². The number of nitrogens with zero attached hydrogens (tertiary/aromatic N) is 1. The molecule has 0 aromatic heterocycles. The van der Waals surface area contributed by atoms with E-state index in [-0.39, 0.29) is 23.6 Å². The minimum absolute atomic E-state index is 0.00315. The maximum Gasteiger partial charge on any atom is 0.387 e. The van der Waals surface area contributed by atoms with Gasteiger partial charge in [-0.1, -0.05) is 6.07 Å². The zero-order valence-corrected chi connectivity index (χ0v) is 12.0. The van der Waals surface area contributed by atoms with Gasteiger partial charge in [-0.3, -0.25) is 4.79 Å². The van der Waals surface area contributed by atoms with Crippen molar-refractivity contribution in [2.75, 3.05) is 13.1 Å². The highest BCUT2D eigenvalue weighted by Gasteiger charge is 2.26. The number of piperidine rings is 1. The highest BCUT2D eigenvalue weighted by molar-refractivity contribution is 5.94. The molecule has 1 aromatic rings. The molecule has 4 nitrogen and oxygen atoms in total. The number of ether oxygens (including phenoxy) is 1. The van der Waals surface area contributed by atoms with Gasteiger partial charge in [0.25, 0.3) is 5.91 Å². The van der Waals surface area contributed by atoms with Crippen LogP contribution >= 0.6 is 0 Å². The number of amides is 1. The SMILES string of the molecule is CC(N)C1CCCN(C(=O)c2cccc(OC(F)F)c2)C1. The normalized spacial score (nSPS) is 20.4. The predicted octanol–water partition coefficient (Wildman–Crippen LogP) is 2.49. The van der Waals surface area contributed by atoms with E-state index in [2.05, 4.69) is 4.74 Å². The monoisotopic (exact) mass is 298 g/mol. The molecule has 1 saturated heterocycles. The molecular formula is C15H20F2N2O2. The lowest BCUT2D eigenvalue weighted by molar-refractivity contribution is -0.0499. The quantitative estimate of drug-likeness (QED) is 0.929. The summed E-state index contributed by atoms with van der Waals surface area (Å²) < 4.78 is 28.8. The van der Waals surface area contributed by atoms with Gasteiger partial charge in [-0.25, -0.2) is 0 Å². The van der Waals surface area contributed by atoms with Crippen molar-refractivity contribution in [2.24, 2.45) is 11.7 Å². The molecule has 1 aliphatic heterocycles. The molecule has 0 bridgehead atoms. The number of rotatable bonds is 4. The van der Waals surface area contributed by atoms with E-state index in [4.69, 9.17) is 5.73 Å². The Bertz CT molecular complexity index is 494. The van der Waals surface area contributed by atoms with Crippen molar-refractivity contribution >= 4 is 5.91 Å². The van der Waals surface area contributed by atoms with Crippen LogP contribution < -0.4 is 10.5 Å². The van der Waals surface area contributed by atoms with Gasteiger partial charge in [0, 0.05) is 24.7 Å². The molecule has 1 aromatic carbocycles. The number of halogens is 2. The lowest BCUT2D eigenvalue weighted by Crippen LogP contribution is -2.45. The van der Waals surface area contributed by atoms with Crippen molar-refractivity contribution in [3.05, 3.63) is 29.8 Å². The van der Waals surface area contributed by atoms with Crippen molar-refractivity contribution in [3.63, 3.8) is 0 Å². The number of carbonyl (C=O) groups is 1. The molecule has 2 rings (SSSR count). The molecule has 1 fully saturated rings. The third kappa shape index (κ3) is 4.14. The van der Waals surface area contributed by atoms with Crippen molar-refractivity contribution in [2.45, 2.75) is 32.4 Å². The average molecular weight is 298 g/mol. The molecule has 6 heteroatoms. The number of alkyl halides is 2. The summed E-state index contributed by atoms with van der Waals surface area (Å²) in [7, 11) is 0. The zero-order chi connectivity index (χ0) is 15.4. The summed E-state index contributed by atoms with van der Waals surface area (Å²) in [5.74, 6) is 0.111. The van der Waals surface area contributed by atoms with Crippen LogP contribution in [0.4, 0.5) is 8.78 Å². The number of likely N-dealkylation sites (tertiary alicyclic amines) is 1. The molecule has 0 saturated carbocycles. The van der Waals surface area contributed by atoms with Crippen LogP contribution in [0.15, 0.2) is 24.3 Å². The Balaban J connectivity index is 2.08. The highest BCUT2D eigenvalue weighted by Crippen LogP contribution is 2.22. The van der Waals surface area contributed by atoms with Crippen LogP contribution in [-0.2, 0) is 0 Å². The summed E-state index contributed by atoms with van der Waals surface area (Å²) in [4.78, 5) is 14.2. The predicted molar refractivity (Wildman–Crippen MR) is 75.4 cm³/mol. The smallest absolute Gasteiger partial charge is 0.387 e. The molecular weight excluding hydrogens is 278 g/mol. The van der Waals surface area contributed by atoms with E-state index in [0.717, 1.165) is 12.8 Å². The first-order chi connectivity index (χ1) is 9.97. The lowest BCUT2D eigenvalue weighted by Gasteiger charge is -2.34. The number of nitrogens with two attached hydrogens (primary N) is 1. The molecule has 1 amide bonds. The topological polar surface area (TPSA) is 55.6 Å². The first-order valence-electron chi connectivity index (χ1n) is 7.07. The Morgan fingerprint density at radius 1 is 1.48 bits per heavy atom. The van der Waals surface area contributed by atoms with Crippen molar-refractivity contribution in [3.8, 4) is 5.75 Å². The standard InChI is InChI=1S/C15H20F2N2O2/c1-10(18)12-5-3-7-19(9-12)14(20)11-4-2-6-13(8-11)21-15(16)17/h2,4,6,8,10,12,15H,3,5,7,9,18H2,1H3. The Morgan fingerprint density at radius 2 is 2.24 bits per heavy atom. The Hall–Kier alpha value is -1.69. The molecule has 21 heavy (non-hydrogen) atoms. The van der Waals surface area contributed by atoms with Crippen LogP contribution in [0, 0.1) is 5.92 Å². The molecule has 2 atom stereocenters. The van der Waals surface area contributed by atoms with E-state index < -0.39 is 6.61 Å². The molecule has 1 heterocycles. The summed E-state index contributed by atoms with van der Waals surface area (Å²) in [5.41, 5.74) is 6.27. The van der Waals surface area contributed by atoms with Gasteiger partial charge in [-0.15, -0.1) is 0 Å². The van der Waals surface area contributed by atoms with E-state index in [1.165, 1.54) is 18.2 Å². The van der Waals surface area contributed by atoms with E-state index in [1.54, 1.807) is 11.0 Å². The van der Waals surface area contributed by atoms with E-state index in [0.29, 0.717) is 18.7 Å². The van der Waals surface area contributed by atoms with Crippen LogP contribution in [0.3, 0.4) is 0 Å². The molecule has 0 aliphatic carbocycles. The van der Waals surface area contributed by atoms with Crippen LogP contribution in [0.25, 0.3) is 0 Å². The fraction of sp³-hybridized carbons (Fsp3) is 0.533. The summed E-state index contributed by atoms with van der Waals surface area (Å²) in [6.07, 6.45) is 1.92. The lowest BCUT2D eigenvalue weighted by atomic mass is 9.92. The van der Waals surface area contributed by atoms with Crippen molar-refractivity contribution < 1.29 is 18.3 Å². The Labute approximate surface area is 122 Å². The summed E-state index contributed by atoms with van der Waals surface area (Å²) in [6.45, 7) is 0.321. The van der Waals surface area contributed by atoms with Gasteiger partial charge < -0.3 is 15.4 Å². The first kappa shape index (κ1) is 15.7. The first-order valence-corrected chi connectivity index (χ1v) is 7.07. The largest absolute Gasteiger partial charge is 0.435 e. The van der Waals surface area contributed by atoms with Gasteiger partial charge in [-0.2, -0.15) is 8.78 Å². The number of carbonyl (C=O) groups excluding carboxylic acids is 1. The van der Waals surface area contributed by atoms with Gasteiger partial charge in [-0.05, 0) is 43.9 Å². The Kier molecular flexibility index (Phi) is 5.12. The molecule has 0 radical (unpaired) electrons. The molecule has 2 unspecified atom stereocenters. The molecule has 2 N–H and O–H groups in total. The third-order valence-corrected chi connectivity index (χ3v) is 3.79. The van der Waals surface area contributed by atoms with E-state index >= 15 is 0 Å². The summed E-state index contributed by atoms with van der Waals surface area (Å²) in [5, 5.41) is 0. The number of hydrogen-bond donors (Lipinski definition) is 1. The molecule has 1 aliphatic rings. The average Bonchev–Trinajstić information content (AvgIpc) is 2.46. The number of hydrogen-bond acceptors (Lipinski definition) is 3. The minimum atomic E-state index is -2.90. The second kappa shape index (κ2) is 6.85. The molecule has 116 valence electrons. The van der Waals surface area contributed by atoms with Gasteiger partial charge in [0.15, 0.2) is 0 Å². The second-order valence-corrected chi connectivity index (χ2v) is 5.42. The van der Waals surface area contributed by atoms with Crippen molar-refractivity contribution in [1.82, 2.24) is 4.90 Å². The Morgan fingerprint density at radius 3 is 2.90 bits per heavy atom. The van der Waals surface area contributed by atoms with Gasteiger partial charge in [0.2, 0.25) is 0 Å². The van der Waals surface area contributed by atoms with Crippen LogP contribution in [-0.4, -0.2) is 36.5 Å². The van der Waals surface area contributed by atoms with E-state index in [1.807, 2.05) is 6.92 Å². The van der Waals surface area contributed by atoms with Crippen LogP contribution in [0.2, 0.25) is 0 Å². The maximum absolute atomic E-state index is 12.4. The fourth-order valence-corrected chi connectivity index (χ4v) is 2.61. The van der Waals surface area contributed by atoms with Gasteiger partial charge in [0.05, 0.1) is 0 Å². The van der Waals surface area contributed by atoms with Crippen molar-refractivity contribution in [1.29, 1.82) is 0 Å². The molecule has 0 spiro atoms. The number of benzene rings is 1. The van der Waals surface area contributed by atoms with Crippen LogP contribution in [0.1, 0.15) is 30.1 Å². The summed E-state index contributed by atoms with van der Waals surface area (Å²) in [6, 6.07) is 5.94. The van der Waals surface area contributed by atoms with E-state index in [9.17, 15) is 13.6 Å². The zero-order valence-electron chi connectivity index (χ0n) is 12.0. The summed E-state index contributed by atoms with van der Waals surface area (Å²) >= 11 is 0.